The van der Waals surface area contributed by atoms with Crippen LogP contribution in [0.5, 0.6) is 0 Å². The Morgan fingerprint density at radius 2 is 1.83 bits per heavy atom. The van der Waals surface area contributed by atoms with Crippen molar-refractivity contribution in [1.29, 1.82) is 0 Å². The van der Waals surface area contributed by atoms with Crippen LogP contribution in [0.15, 0.2) is 59.3 Å². The molecule has 0 spiro atoms. The molecule has 1 fully saturated rings. The van der Waals surface area contributed by atoms with E-state index in [1.807, 2.05) is 18.2 Å². The molecule has 1 aromatic heterocycles. The van der Waals surface area contributed by atoms with Crippen molar-refractivity contribution >= 4 is 28.4 Å². The molecule has 150 valence electrons. The smallest absolute Gasteiger partial charge is 0.314 e. The topological polar surface area (TPSA) is 96.7 Å². The van der Waals surface area contributed by atoms with Gasteiger partial charge in [-0.15, -0.1) is 0 Å². The number of nitrogens with one attached hydrogen (secondary N) is 2. The first-order valence-corrected chi connectivity index (χ1v) is 9.51. The fourth-order valence-corrected chi connectivity index (χ4v) is 3.59. The normalized spacial score (nSPS) is 15.7. The van der Waals surface area contributed by atoms with Gasteiger partial charge < -0.3 is 14.6 Å². The van der Waals surface area contributed by atoms with Crippen molar-refractivity contribution in [2.24, 2.45) is 0 Å². The number of anilines is 1. The number of rotatable bonds is 5. The molecule has 4 rings (SSSR count). The fraction of sp³-hybridized carbons (Fsp3) is 0.286. The average molecular weight is 394 g/mol. The highest BCUT2D eigenvalue weighted by Crippen LogP contribution is 2.28. The lowest BCUT2D eigenvalue weighted by Crippen LogP contribution is -2.45. The average Bonchev–Trinajstić information content (AvgIpc) is 3.27. The molecule has 2 heterocycles. The Labute approximate surface area is 167 Å². The molecule has 2 amide bonds. The van der Waals surface area contributed by atoms with Crippen LogP contribution in [-0.2, 0) is 14.3 Å². The second kappa shape index (κ2) is 8.85. The molecule has 0 bridgehead atoms. The van der Waals surface area contributed by atoms with E-state index in [-0.39, 0.29) is 11.9 Å². The summed E-state index contributed by atoms with van der Waals surface area (Å²) in [7, 11) is 0. The Hall–Kier alpha value is -3.23. The highest BCUT2D eigenvalue weighted by atomic mass is 16.5. The van der Waals surface area contributed by atoms with Gasteiger partial charge in [-0.2, -0.15) is 0 Å². The van der Waals surface area contributed by atoms with Gasteiger partial charge in [-0.25, -0.2) is 0 Å². The monoisotopic (exact) mass is 394 g/mol. The second-order valence-corrected chi connectivity index (χ2v) is 6.78. The summed E-state index contributed by atoms with van der Waals surface area (Å²) in [5.74, 6) is -1.30. The Morgan fingerprint density at radius 1 is 1.03 bits per heavy atom. The van der Waals surface area contributed by atoms with Gasteiger partial charge in [0.25, 0.3) is 0 Å². The first kappa shape index (κ1) is 19.1. The molecule has 0 saturated carbocycles. The summed E-state index contributed by atoms with van der Waals surface area (Å²) in [5, 5.41) is 11.0. The number of fused-ring (bicyclic) bond motifs is 1. The van der Waals surface area contributed by atoms with Crippen molar-refractivity contribution < 1.29 is 18.8 Å². The van der Waals surface area contributed by atoms with E-state index < -0.39 is 11.8 Å². The molecule has 1 aliphatic rings. The largest absolute Gasteiger partial charge is 0.379 e. The Bertz CT molecular complexity index is 978. The number of benzene rings is 2. The van der Waals surface area contributed by atoms with Gasteiger partial charge in [0.2, 0.25) is 0 Å². The minimum atomic E-state index is -0.780. The number of carbonyl (C=O) groups excluding carboxylic acids is 2. The molecule has 8 heteroatoms. The number of carbonyl (C=O) groups is 2. The lowest BCUT2D eigenvalue weighted by Gasteiger charge is -2.35. The van der Waals surface area contributed by atoms with Gasteiger partial charge in [-0.1, -0.05) is 47.6 Å². The van der Waals surface area contributed by atoms with Gasteiger partial charge in [0, 0.05) is 25.7 Å². The van der Waals surface area contributed by atoms with Gasteiger partial charge >= 0.3 is 11.8 Å². The Balaban J connectivity index is 1.53. The van der Waals surface area contributed by atoms with E-state index in [4.69, 9.17) is 4.74 Å². The zero-order valence-corrected chi connectivity index (χ0v) is 15.8. The van der Waals surface area contributed by atoms with E-state index in [9.17, 15) is 9.59 Å². The van der Waals surface area contributed by atoms with Crippen molar-refractivity contribution in [2.45, 2.75) is 6.04 Å². The molecule has 3 aromatic rings. The molecule has 1 saturated heterocycles. The number of hydrogen-bond donors (Lipinski definition) is 2. The summed E-state index contributed by atoms with van der Waals surface area (Å²) < 4.78 is 10.1. The predicted octanol–water partition coefficient (Wildman–Crippen LogP) is 1.96. The summed E-state index contributed by atoms with van der Waals surface area (Å²) in [6.45, 7) is 3.10. The summed E-state index contributed by atoms with van der Waals surface area (Å²) in [5.41, 5.74) is 1.11. The maximum atomic E-state index is 12.3. The molecule has 2 aromatic carbocycles. The van der Waals surface area contributed by atoms with Crippen molar-refractivity contribution in [1.82, 2.24) is 15.4 Å². The Kier molecular flexibility index (Phi) is 5.83. The molecule has 8 nitrogen and oxygen atoms in total. The van der Waals surface area contributed by atoms with E-state index in [1.54, 1.807) is 0 Å². The molecular weight excluding hydrogens is 372 g/mol. The third kappa shape index (κ3) is 4.44. The zero-order valence-electron chi connectivity index (χ0n) is 15.8. The van der Waals surface area contributed by atoms with Gasteiger partial charge in [0.15, 0.2) is 5.82 Å². The van der Waals surface area contributed by atoms with Gasteiger partial charge in [0.05, 0.1) is 19.3 Å². The summed E-state index contributed by atoms with van der Waals surface area (Å²) in [4.78, 5) is 26.7. The second-order valence-electron chi connectivity index (χ2n) is 6.78. The van der Waals surface area contributed by atoms with Crippen LogP contribution >= 0.6 is 0 Å². The molecule has 2 N–H and O–H groups in total. The van der Waals surface area contributed by atoms with Crippen molar-refractivity contribution in [3.05, 3.63) is 60.4 Å². The first-order valence-electron chi connectivity index (χ1n) is 9.51. The summed E-state index contributed by atoms with van der Waals surface area (Å²) in [6.07, 6.45) is 1.32. The lowest BCUT2D eigenvalue weighted by atomic mass is 9.97. The van der Waals surface area contributed by atoms with E-state index in [1.165, 1.54) is 12.3 Å². The molecule has 0 aliphatic carbocycles. The van der Waals surface area contributed by atoms with Crippen LogP contribution in [0.3, 0.4) is 0 Å². The van der Waals surface area contributed by atoms with Crippen LogP contribution in [0.2, 0.25) is 0 Å². The molecule has 29 heavy (non-hydrogen) atoms. The van der Waals surface area contributed by atoms with E-state index in [0.29, 0.717) is 19.8 Å². The number of hydrogen-bond acceptors (Lipinski definition) is 6. The molecular formula is C21H22N4O4. The maximum Gasteiger partial charge on any atom is 0.314 e. The minimum absolute atomic E-state index is 0.0752. The predicted molar refractivity (Wildman–Crippen MR) is 107 cm³/mol. The zero-order chi connectivity index (χ0) is 20.1. The van der Waals surface area contributed by atoms with Crippen LogP contribution in [0.25, 0.3) is 10.8 Å². The minimum Gasteiger partial charge on any atom is -0.379 e. The highest BCUT2D eigenvalue weighted by molar-refractivity contribution is 6.39. The number of morpholine rings is 1. The molecule has 1 atom stereocenters. The first-order chi connectivity index (χ1) is 14.2. The number of nitrogens with zero attached hydrogens (tertiary/aromatic N) is 2. The van der Waals surface area contributed by atoms with Crippen LogP contribution in [0.4, 0.5) is 5.82 Å². The van der Waals surface area contributed by atoms with Crippen LogP contribution in [0.1, 0.15) is 11.6 Å². The summed E-state index contributed by atoms with van der Waals surface area (Å²) >= 11 is 0. The number of amides is 2. The van der Waals surface area contributed by atoms with Crippen molar-refractivity contribution in [3.8, 4) is 0 Å². The molecule has 0 radical (unpaired) electrons. The van der Waals surface area contributed by atoms with Gasteiger partial charge in [-0.05, 0) is 16.3 Å². The summed E-state index contributed by atoms with van der Waals surface area (Å²) in [6, 6.07) is 15.7. The van der Waals surface area contributed by atoms with Crippen LogP contribution in [-0.4, -0.2) is 54.7 Å². The number of aromatic nitrogens is 1. The van der Waals surface area contributed by atoms with Crippen LogP contribution in [0, 0.1) is 0 Å². The quantitative estimate of drug-likeness (QED) is 0.642. The molecule has 1 unspecified atom stereocenters. The Morgan fingerprint density at radius 3 is 2.62 bits per heavy atom. The SMILES string of the molecule is O=C(NCC(c1cccc2ccccc12)N1CCOCC1)C(=O)Nc1ccon1. The standard InChI is InChI=1S/C21H22N4O4/c26-20(21(27)23-19-8-11-29-24-19)22-14-18(25-9-12-28-13-10-25)17-7-3-5-15-4-1-2-6-16(15)17/h1-8,11,18H,9-10,12-14H2,(H,22,26)(H,23,24,27). The van der Waals surface area contributed by atoms with Crippen LogP contribution < -0.4 is 10.6 Å². The van der Waals surface area contributed by atoms with E-state index in [2.05, 4.69) is 49.5 Å². The molecule has 1 aliphatic heterocycles. The van der Waals surface area contributed by atoms with Crippen molar-refractivity contribution in [3.63, 3.8) is 0 Å². The van der Waals surface area contributed by atoms with E-state index in [0.717, 1.165) is 29.4 Å². The highest BCUT2D eigenvalue weighted by Gasteiger charge is 2.26. The third-order valence-corrected chi connectivity index (χ3v) is 5.01. The fourth-order valence-electron chi connectivity index (χ4n) is 3.59. The van der Waals surface area contributed by atoms with E-state index >= 15 is 0 Å². The van der Waals surface area contributed by atoms with Gasteiger partial charge in [0.1, 0.15) is 6.26 Å². The van der Waals surface area contributed by atoms with Gasteiger partial charge in [-0.3, -0.25) is 19.8 Å². The number of ether oxygens (including phenoxy) is 1. The maximum absolute atomic E-state index is 12.3. The van der Waals surface area contributed by atoms with Crippen molar-refractivity contribution in [2.75, 3.05) is 38.2 Å². The third-order valence-electron chi connectivity index (χ3n) is 5.01. The lowest BCUT2D eigenvalue weighted by molar-refractivity contribution is -0.136.